The average Bonchev–Trinajstić information content (AvgIpc) is 3.00. The Labute approximate surface area is 109 Å². The molecule has 0 saturated carbocycles. The predicted octanol–water partition coefficient (Wildman–Crippen LogP) is 2.79. The van der Waals surface area contributed by atoms with E-state index in [1.807, 2.05) is 42.8 Å². The minimum Gasteiger partial charge on any atom is -0.383 e. The molecular weight excluding hydrogens is 244 g/mol. The quantitative estimate of drug-likeness (QED) is 0.767. The third-order valence-electron chi connectivity index (χ3n) is 2.77. The Morgan fingerprint density at radius 3 is 2.78 bits per heavy atom. The molecule has 0 bridgehead atoms. The fourth-order valence-electron chi connectivity index (χ4n) is 1.89. The van der Waals surface area contributed by atoms with E-state index in [1.165, 1.54) is 0 Å². The number of anilines is 1. The number of nitrogen functional groups attached to an aromatic ring is 1. The summed E-state index contributed by atoms with van der Waals surface area (Å²) in [6.07, 6.45) is 1.76. The molecule has 0 aliphatic carbocycles. The van der Waals surface area contributed by atoms with E-state index < -0.39 is 0 Å². The summed E-state index contributed by atoms with van der Waals surface area (Å²) in [5.41, 5.74) is 8.76. The van der Waals surface area contributed by atoms with Crippen molar-refractivity contribution in [3.63, 3.8) is 0 Å². The normalized spacial score (nSPS) is 10.7. The molecule has 5 heteroatoms. The topological polar surface area (TPSA) is 56.7 Å². The van der Waals surface area contributed by atoms with E-state index in [2.05, 4.69) is 10.1 Å². The van der Waals surface area contributed by atoms with Gasteiger partial charge in [-0.1, -0.05) is 12.1 Å². The van der Waals surface area contributed by atoms with Crippen molar-refractivity contribution in [2.45, 2.75) is 0 Å². The lowest BCUT2D eigenvalue weighted by molar-refractivity contribution is 0.783. The number of pyridine rings is 1. The molecule has 4 nitrogen and oxygen atoms in total. The smallest absolute Gasteiger partial charge is 0.131 e. The zero-order valence-corrected chi connectivity index (χ0v) is 10.7. The van der Waals surface area contributed by atoms with E-state index in [1.54, 1.807) is 22.2 Å². The molecule has 0 atom stereocenters. The number of hydrogen-bond donors (Lipinski definition) is 1. The highest BCUT2D eigenvalue weighted by Crippen LogP contribution is 2.36. The van der Waals surface area contributed by atoms with Gasteiger partial charge in [0.15, 0.2) is 0 Å². The first-order valence-electron chi connectivity index (χ1n) is 5.55. The lowest BCUT2D eigenvalue weighted by Gasteiger charge is -2.01. The highest BCUT2D eigenvalue weighted by Gasteiger charge is 2.18. The number of nitrogens with zero attached hydrogens (tertiary/aromatic N) is 3. The molecule has 0 aromatic carbocycles. The number of aryl methyl sites for hydroxylation is 1. The van der Waals surface area contributed by atoms with Crippen molar-refractivity contribution < 1.29 is 0 Å². The van der Waals surface area contributed by atoms with Gasteiger partial charge in [-0.15, -0.1) is 11.3 Å². The molecule has 0 amide bonds. The van der Waals surface area contributed by atoms with Gasteiger partial charge in [0.1, 0.15) is 11.5 Å². The number of rotatable bonds is 2. The summed E-state index contributed by atoms with van der Waals surface area (Å²) in [6, 6.07) is 9.84. The fourth-order valence-corrected chi connectivity index (χ4v) is 2.60. The monoisotopic (exact) mass is 256 g/mol. The van der Waals surface area contributed by atoms with Crippen molar-refractivity contribution in [2.24, 2.45) is 7.05 Å². The maximum atomic E-state index is 6.11. The van der Waals surface area contributed by atoms with Crippen LogP contribution in [0.15, 0.2) is 41.9 Å². The van der Waals surface area contributed by atoms with E-state index in [0.717, 1.165) is 21.8 Å². The Kier molecular flexibility index (Phi) is 2.60. The molecule has 0 aliphatic rings. The van der Waals surface area contributed by atoms with Gasteiger partial charge in [-0.2, -0.15) is 5.10 Å². The van der Waals surface area contributed by atoms with Gasteiger partial charge >= 0.3 is 0 Å². The van der Waals surface area contributed by atoms with Crippen LogP contribution in [0.3, 0.4) is 0 Å². The van der Waals surface area contributed by atoms with E-state index in [0.29, 0.717) is 5.82 Å². The van der Waals surface area contributed by atoms with Gasteiger partial charge in [-0.25, -0.2) is 0 Å². The Bertz CT molecular complexity index is 656. The van der Waals surface area contributed by atoms with Gasteiger partial charge in [-0.05, 0) is 23.6 Å². The van der Waals surface area contributed by atoms with Crippen molar-refractivity contribution in [3.8, 4) is 21.8 Å². The molecule has 2 N–H and O–H groups in total. The third-order valence-corrected chi connectivity index (χ3v) is 3.64. The molecule has 0 spiro atoms. The second-order valence-electron chi connectivity index (χ2n) is 3.92. The summed E-state index contributed by atoms with van der Waals surface area (Å²) in [7, 11) is 1.85. The maximum absolute atomic E-state index is 6.11. The van der Waals surface area contributed by atoms with Gasteiger partial charge in [0.2, 0.25) is 0 Å². The van der Waals surface area contributed by atoms with Crippen molar-refractivity contribution in [1.29, 1.82) is 0 Å². The number of nitrogens with two attached hydrogens (primary N) is 1. The Balaban J connectivity index is 2.26. The molecule has 90 valence electrons. The molecule has 0 saturated heterocycles. The first kappa shape index (κ1) is 11.0. The minimum atomic E-state index is 0.636. The summed E-state index contributed by atoms with van der Waals surface area (Å²) >= 11 is 1.65. The van der Waals surface area contributed by atoms with Crippen LogP contribution in [0.2, 0.25) is 0 Å². The van der Waals surface area contributed by atoms with Crippen LogP contribution >= 0.6 is 11.3 Å². The first-order chi connectivity index (χ1) is 8.77. The standard InChI is InChI=1S/C13H12N4S/c1-17-13(14)11(9-5-2-3-7-15-9)12(16-17)10-6-4-8-18-10/h2-8H,14H2,1H3. The highest BCUT2D eigenvalue weighted by molar-refractivity contribution is 7.13. The Morgan fingerprint density at radius 2 is 2.11 bits per heavy atom. The molecule has 3 aromatic rings. The zero-order chi connectivity index (χ0) is 12.5. The van der Waals surface area contributed by atoms with Crippen molar-refractivity contribution in [2.75, 3.05) is 5.73 Å². The van der Waals surface area contributed by atoms with Crippen molar-refractivity contribution >= 4 is 17.2 Å². The first-order valence-corrected chi connectivity index (χ1v) is 6.43. The van der Waals surface area contributed by atoms with E-state index in [-0.39, 0.29) is 0 Å². The van der Waals surface area contributed by atoms with Crippen LogP contribution in [-0.2, 0) is 7.05 Å². The fraction of sp³-hybridized carbons (Fsp3) is 0.0769. The number of hydrogen-bond acceptors (Lipinski definition) is 4. The maximum Gasteiger partial charge on any atom is 0.131 e. The van der Waals surface area contributed by atoms with Crippen LogP contribution in [0.25, 0.3) is 21.8 Å². The SMILES string of the molecule is Cn1nc(-c2cccs2)c(-c2ccccn2)c1N. The second-order valence-corrected chi connectivity index (χ2v) is 4.87. The van der Waals surface area contributed by atoms with Crippen LogP contribution in [0.5, 0.6) is 0 Å². The van der Waals surface area contributed by atoms with Gasteiger partial charge < -0.3 is 5.73 Å². The van der Waals surface area contributed by atoms with E-state index >= 15 is 0 Å². The summed E-state index contributed by atoms with van der Waals surface area (Å²) in [4.78, 5) is 5.46. The zero-order valence-electron chi connectivity index (χ0n) is 9.87. The molecule has 3 aromatic heterocycles. The second kappa shape index (κ2) is 4.27. The largest absolute Gasteiger partial charge is 0.383 e. The molecule has 3 heterocycles. The summed E-state index contributed by atoms with van der Waals surface area (Å²) in [6.45, 7) is 0. The van der Waals surface area contributed by atoms with Gasteiger partial charge in [0.05, 0.1) is 16.1 Å². The summed E-state index contributed by atoms with van der Waals surface area (Å²) in [5, 5.41) is 6.52. The molecule has 0 radical (unpaired) electrons. The Morgan fingerprint density at radius 1 is 1.22 bits per heavy atom. The van der Waals surface area contributed by atoms with E-state index in [4.69, 9.17) is 5.73 Å². The van der Waals surface area contributed by atoms with Crippen LogP contribution in [0, 0.1) is 0 Å². The van der Waals surface area contributed by atoms with Gasteiger partial charge in [0.25, 0.3) is 0 Å². The molecule has 0 aliphatic heterocycles. The van der Waals surface area contributed by atoms with Crippen LogP contribution in [0.4, 0.5) is 5.82 Å². The van der Waals surface area contributed by atoms with Gasteiger partial charge in [0, 0.05) is 13.2 Å². The van der Waals surface area contributed by atoms with Gasteiger partial charge in [-0.3, -0.25) is 9.67 Å². The number of aromatic nitrogens is 3. The highest BCUT2D eigenvalue weighted by atomic mass is 32.1. The van der Waals surface area contributed by atoms with Crippen LogP contribution in [0.1, 0.15) is 0 Å². The van der Waals surface area contributed by atoms with Crippen molar-refractivity contribution in [3.05, 3.63) is 41.9 Å². The molecule has 0 unspecified atom stereocenters. The molecule has 3 rings (SSSR count). The number of thiophene rings is 1. The lowest BCUT2D eigenvalue weighted by Crippen LogP contribution is -1.98. The molecular formula is C13H12N4S. The van der Waals surface area contributed by atoms with E-state index in [9.17, 15) is 0 Å². The average molecular weight is 256 g/mol. The molecule has 18 heavy (non-hydrogen) atoms. The van der Waals surface area contributed by atoms with Crippen LogP contribution < -0.4 is 5.73 Å². The minimum absolute atomic E-state index is 0.636. The lowest BCUT2D eigenvalue weighted by atomic mass is 10.1. The Hall–Kier alpha value is -2.14. The van der Waals surface area contributed by atoms with Crippen molar-refractivity contribution in [1.82, 2.24) is 14.8 Å². The molecule has 0 fully saturated rings. The predicted molar refractivity (Wildman–Crippen MR) is 74.2 cm³/mol. The summed E-state index contributed by atoms with van der Waals surface area (Å²) < 4.78 is 1.69. The summed E-state index contributed by atoms with van der Waals surface area (Å²) in [5.74, 6) is 0.636. The van der Waals surface area contributed by atoms with Crippen LogP contribution in [-0.4, -0.2) is 14.8 Å². The third kappa shape index (κ3) is 1.69.